The number of carbonyl (C=O) groups excluding carboxylic acids is 1. The minimum Gasteiger partial charge on any atom is -0.493 e. The van der Waals surface area contributed by atoms with Crippen molar-refractivity contribution >= 4 is 5.91 Å². The summed E-state index contributed by atoms with van der Waals surface area (Å²) in [4.78, 5) is 15.4. The van der Waals surface area contributed by atoms with Gasteiger partial charge in [0.1, 0.15) is 5.75 Å². The first-order valence-electron chi connectivity index (χ1n) is 11.6. The molecule has 0 aliphatic rings. The molecule has 0 heterocycles. The molecular weight excluding hydrogens is 444 g/mol. The second kappa shape index (κ2) is 14.0. The lowest BCUT2D eigenvalue weighted by Crippen LogP contribution is -2.46. The normalized spacial score (nSPS) is 11.7. The SMILES string of the molecule is COCCN(Cc1ccc(OC)c(OC)c1)C[C@H](Oc1ccccc1)C(=O)NCc1ccccc1. The van der Waals surface area contributed by atoms with Gasteiger partial charge in [-0.2, -0.15) is 0 Å². The number of nitrogens with one attached hydrogen (secondary N) is 1. The Morgan fingerprint density at radius 3 is 2.20 bits per heavy atom. The number of ether oxygens (including phenoxy) is 4. The van der Waals surface area contributed by atoms with Gasteiger partial charge in [0.25, 0.3) is 5.91 Å². The first kappa shape index (κ1) is 26.1. The van der Waals surface area contributed by atoms with Crippen LogP contribution >= 0.6 is 0 Å². The number of para-hydroxylation sites is 1. The highest BCUT2D eigenvalue weighted by Gasteiger charge is 2.24. The number of amides is 1. The zero-order chi connectivity index (χ0) is 24.9. The second-order valence-electron chi connectivity index (χ2n) is 8.04. The van der Waals surface area contributed by atoms with E-state index in [0.29, 0.717) is 50.0 Å². The molecule has 0 saturated carbocycles. The first-order chi connectivity index (χ1) is 17.1. The van der Waals surface area contributed by atoms with Crippen molar-refractivity contribution in [1.29, 1.82) is 0 Å². The van der Waals surface area contributed by atoms with Crippen molar-refractivity contribution in [2.24, 2.45) is 0 Å². The Morgan fingerprint density at radius 1 is 0.857 bits per heavy atom. The van der Waals surface area contributed by atoms with Crippen LogP contribution in [0, 0.1) is 0 Å². The number of rotatable bonds is 14. The largest absolute Gasteiger partial charge is 0.493 e. The fourth-order valence-corrected chi connectivity index (χ4v) is 3.66. The van der Waals surface area contributed by atoms with Gasteiger partial charge in [-0.05, 0) is 35.4 Å². The van der Waals surface area contributed by atoms with Gasteiger partial charge in [-0.3, -0.25) is 9.69 Å². The van der Waals surface area contributed by atoms with Crippen LogP contribution in [0.4, 0.5) is 0 Å². The fourth-order valence-electron chi connectivity index (χ4n) is 3.66. The summed E-state index contributed by atoms with van der Waals surface area (Å²) in [6.07, 6.45) is -0.710. The number of nitrogens with zero attached hydrogens (tertiary/aromatic N) is 1. The molecule has 3 aromatic carbocycles. The highest BCUT2D eigenvalue weighted by atomic mass is 16.5. The van der Waals surface area contributed by atoms with E-state index in [1.54, 1.807) is 21.3 Å². The first-order valence-corrected chi connectivity index (χ1v) is 11.6. The summed E-state index contributed by atoms with van der Waals surface area (Å²) in [6.45, 7) is 2.56. The van der Waals surface area contributed by atoms with Crippen molar-refractivity contribution in [3.63, 3.8) is 0 Å². The standard InChI is InChI=1S/C28H34N2O5/c1-32-17-16-30(20-23-14-15-25(33-2)26(18-23)34-3)21-27(35-24-12-8-5-9-13-24)28(31)29-19-22-10-6-4-7-11-22/h4-15,18,27H,16-17,19-21H2,1-3H3,(H,29,31)/t27-/m0/s1. The van der Waals surface area contributed by atoms with Crippen molar-refractivity contribution in [1.82, 2.24) is 10.2 Å². The molecule has 1 atom stereocenters. The monoisotopic (exact) mass is 478 g/mol. The molecule has 0 aromatic heterocycles. The maximum Gasteiger partial charge on any atom is 0.262 e. The summed E-state index contributed by atoms with van der Waals surface area (Å²) >= 11 is 0. The van der Waals surface area contributed by atoms with Crippen LogP contribution in [0.5, 0.6) is 17.2 Å². The molecule has 3 aromatic rings. The van der Waals surface area contributed by atoms with Crippen LogP contribution in [0.1, 0.15) is 11.1 Å². The quantitative estimate of drug-likeness (QED) is 0.379. The Labute approximate surface area is 207 Å². The molecule has 0 fully saturated rings. The highest BCUT2D eigenvalue weighted by molar-refractivity contribution is 5.81. The molecule has 186 valence electrons. The third-order valence-corrected chi connectivity index (χ3v) is 5.51. The third-order valence-electron chi connectivity index (χ3n) is 5.51. The van der Waals surface area contributed by atoms with Gasteiger partial charge in [-0.1, -0.05) is 54.6 Å². The van der Waals surface area contributed by atoms with Crippen LogP contribution in [-0.2, 0) is 22.6 Å². The fraction of sp³-hybridized carbons (Fsp3) is 0.321. The van der Waals surface area contributed by atoms with E-state index in [0.717, 1.165) is 11.1 Å². The average molecular weight is 479 g/mol. The van der Waals surface area contributed by atoms with Crippen LogP contribution in [0.15, 0.2) is 78.9 Å². The van der Waals surface area contributed by atoms with Gasteiger partial charge < -0.3 is 24.3 Å². The lowest BCUT2D eigenvalue weighted by Gasteiger charge is -2.27. The van der Waals surface area contributed by atoms with E-state index in [1.807, 2.05) is 78.9 Å². The van der Waals surface area contributed by atoms with E-state index in [9.17, 15) is 4.79 Å². The second-order valence-corrected chi connectivity index (χ2v) is 8.04. The van der Waals surface area contributed by atoms with Gasteiger partial charge in [0.15, 0.2) is 17.6 Å². The topological polar surface area (TPSA) is 69.3 Å². The zero-order valence-electron chi connectivity index (χ0n) is 20.6. The van der Waals surface area contributed by atoms with Crippen molar-refractivity contribution in [2.75, 3.05) is 41.0 Å². The molecule has 35 heavy (non-hydrogen) atoms. The van der Waals surface area contributed by atoms with E-state index in [1.165, 1.54) is 0 Å². The van der Waals surface area contributed by atoms with Crippen molar-refractivity contribution in [3.05, 3.63) is 90.0 Å². The summed E-state index contributed by atoms with van der Waals surface area (Å²) in [5.41, 5.74) is 2.06. The maximum atomic E-state index is 13.2. The molecule has 0 unspecified atom stereocenters. The van der Waals surface area contributed by atoms with Gasteiger partial charge in [0, 0.05) is 33.3 Å². The lowest BCUT2D eigenvalue weighted by atomic mass is 10.1. The molecule has 0 bridgehead atoms. The predicted octanol–water partition coefficient (Wildman–Crippen LogP) is 3.92. The molecule has 0 spiro atoms. The Kier molecular flexibility index (Phi) is 10.4. The summed E-state index contributed by atoms with van der Waals surface area (Å²) in [5, 5.41) is 3.02. The molecule has 1 amide bonds. The van der Waals surface area contributed by atoms with Crippen molar-refractivity contribution < 1.29 is 23.7 Å². The Balaban J connectivity index is 1.76. The van der Waals surface area contributed by atoms with Crippen LogP contribution in [0.2, 0.25) is 0 Å². The Bertz CT molecular complexity index is 1030. The number of carbonyl (C=O) groups is 1. The number of methoxy groups -OCH3 is 3. The highest BCUT2D eigenvalue weighted by Crippen LogP contribution is 2.28. The summed E-state index contributed by atoms with van der Waals surface area (Å²) in [6, 6.07) is 25.0. The molecule has 0 radical (unpaired) electrons. The van der Waals surface area contributed by atoms with E-state index in [2.05, 4.69) is 10.2 Å². The number of hydrogen-bond donors (Lipinski definition) is 1. The minimum atomic E-state index is -0.710. The Morgan fingerprint density at radius 2 is 1.54 bits per heavy atom. The maximum absolute atomic E-state index is 13.2. The molecule has 0 aliphatic carbocycles. The summed E-state index contributed by atoms with van der Waals surface area (Å²) < 4.78 is 22.3. The lowest BCUT2D eigenvalue weighted by molar-refractivity contribution is -0.129. The molecule has 0 aliphatic heterocycles. The smallest absolute Gasteiger partial charge is 0.262 e. The van der Waals surface area contributed by atoms with E-state index in [-0.39, 0.29) is 5.91 Å². The third kappa shape index (κ3) is 8.31. The van der Waals surface area contributed by atoms with Crippen LogP contribution in [0.3, 0.4) is 0 Å². The van der Waals surface area contributed by atoms with Crippen LogP contribution in [0.25, 0.3) is 0 Å². The molecule has 7 nitrogen and oxygen atoms in total. The molecule has 3 rings (SSSR count). The van der Waals surface area contributed by atoms with E-state index < -0.39 is 6.10 Å². The molecular formula is C28H34N2O5. The van der Waals surface area contributed by atoms with Gasteiger partial charge in [-0.25, -0.2) is 0 Å². The van der Waals surface area contributed by atoms with Crippen molar-refractivity contribution in [2.45, 2.75) is 19.2 Å². The van der Waals surface area contributed by atoms with Gasteiger partial charge in [-0.15, -0.1) is 0 Å². The van der Waals surface area contributed by atoms with E-state index >= 15 is 0 Å². The summed E-state index contributed by atoms with van der Waals surface area (Å²) in [7, 11) is 4.90. The molecule has 1 N–H and O–H groups in total. The van der Waals surface area contributed by atoms with Gasteiger partial charge in [0.2, 0.25) is 0 Å². The summed E-state index contributed by atoms with van der Waals surface area (Å²) in [5.74, 6) is 1.80. The van der Waals surface area contributed by atoms with Crippen LogP contribution < -0.4 is 19.5 Å². The average Bonchev–Trinajstić information content (AvgIpc) is 2.91. The molecule has 0 saturated heterocycles. The number of benzene rings is 3. The van der Waals surface area contributed by atoms with Crippen molar-refractivity contribution in [3.8, 4) is 17.2 Å². The van der Waals surface area contributed by atoms with Gasteiger partial charge >= 0.3 is 0 Å². The predicted molar refractivity (Wildman–Crippen MR) is 136 cm³/mol. The van der Waals surface area contributed by atoms with Gasteiger partial charge in [0.05, 0.1) is 20.8 Å². The Hall–Kier alpha value is -3.55. The van der Waals surface area contributed by atoms with E-state index in [4.69, 9.17) is 18.9 Å². The number of hydrogen-bond acceptors (Lipinski definition) is 6. The zero-order valence-corrected chi connectivity index (χ0v) is 20.6. The van der Waals surface area contributed by atoms with Crippen LogP contribution in [-0.4, -0.2) is 57.9 Å². The minimum absolute atomic E-state index is 0.174. The molecule has 7 heteroatoms.